The molecule has 34 heavy (non-hydrogen) atoms. The number of ether oxygens (including phenoxy) is 1. The predicted molar refractivity (Wildman–Crippen MR) is 129 cm³/mol. The average Bonchev–Trinajstić information content (AvgIpc) is 2.93. The monoisotopic (exact) mass is 464 g/mol. The highest BCUT2D eigenvalue weighted by molar-refractivity contribution is 5.85. The maximum Gasteiger partial charge on any atom is 0.407 e. The number of benzene rings is 2. The van der Waals surface area contributed by atoms with Crippen molar-refractivity contribution in [1.29, 1.82) is 0 Å². The van der Waals surface area contributed by atoms with Crippen LogP contribution in [-0.2, 0) is 14.3 Å². The Kier molecular flexibility index (Phi) is 6.91. The van der Waals surface area contributed by atoms with Crippen LogP contribution in [0.2, 0.25) is 0 Å². The number of nitrogens with zero attached hydrogens (tertiary/aromatic N) is 1. The van der Waals surface area contributed by atoms with Gasteiger partial charge in [-0.05, 0) is 48.9 Å². The molecule has 7 heteroatoms. The lowest BCUT2D eigenvalue weighted by atomic mass is 9.98. The van der Waals surface area contributed by atoms with E-state index in [2.05, 4.69) is 29.6 Å². The van der Waals surface area contributed by atoms with E-state index < -0.39 is 23.6 Å². The molecule has 0 spiro atoms. The molecule has 1 fully saturated rings. The number of rotatable bonds is 6. The molecule has 0 bridgehead atoms. The minimum absolute atomic E-state index is 0.000968. The summed E-state index contributed by atoms with van der Waals surface area (Å²) in [5, 5.41) is 12.4. The topological polar surface area (TPSA) is 95.9 Å². The molecule has 2 aromatic rings. The fourth-order valence-corrected chi connectivity index (χ4v) is 5.10. The third-order valence-electron chi connectivity index (χ3n) is 6.74. The zero-order valence-electron chi connectivity index (χ0n) is 19.8. The summed E-state index contributed by atoms with van der Waals surface area (Å²) in [6.45, 7) is 4.12. The fourth-order valence-electron chi connectivity index (χ4n) is 5.10. The zero-order valence-corrected chi connectivity index (χ0v) is 19.8. The Morgan fingerprint density at radius 2 is 1.62 bits per heavy atom. The Morgan fingerprint density at radius 3 is 2.24 bits per heavy atom. The van der Waals surface area contributed by atoms with Gasteiger partial charge in [0.05, 0.1) is 0 Å². The molecule has 1 saturated heterocycles. The van der Waals surface area contributed by atoms with Crippen molar-refractivity contribution in [3.63, 3.8) is 0 Å². The minimum Gasteiger partial charge on any atom is -0.480 e. The molecule has 1 heterocycles. The number of fused-ring (bicyclic) bond motifs is 3. The molecule has 2 aliphatic rings. The molecule has 7 nitrogen and oxygen atoms in total. The maximum atomic E-state index is 13.0. The summed E-state index contributed by atoms with van der Waals surface area (Å²) in [6, 6.07) is 15.5. The van der Waals surface area contributed by atoms with Crippen LogP contribution in [-0.4, -0.2) is 52.7 Å². The Labute approximate surface area is 200 Å². The minimum atomic E-state index is -0.974. The lowest BCUT2D eigenvalue weighted by molar-refractivity contribution is -0.150. The lowest BCUT2D eigenvalue weighted by Gasteiger charge is -2.32. The summed E-state index contributed by atoms with van der Waals surface area (Å²) in [6.07, 6.45) is 2.36. The van der Waals surface area contributed by atoms with Gasteiger partial charge in [-0.2, -0.15) is 0 Å². The lowest BCUT2D eigenvalue weighted by Crippen LogP contribution is -2.51. The van der Waals surface area contributed by atoms with Crippen molar-refractivity contribution in [3.05, 3.63) is 59.7 Å². The summed E-state index contributed by atoms with van der Waals surface area (Å²) in [7, 11) is 0. The van der Waals surface area contributed by atoms with Crippen molar-refractivity contribution < 1.29 is 24.2 Å². The summed E-state index contributed by atoms with van der Waals surface area (Å²) < 4.78 is 5.61. The number of amides is 2. The zero-order chi connectivity index (χ0) is 24.3. The smallest absolute Gasteiger partial charge is 0.407 e. The van der Waals surface area contributed by atoms with E-state index in [1.807, 2.05) is 24.3 Å². The Morgan fingerprint density at radius 1 is 1.00 bits per heavy atom. The summed E-state index contributed by atoms with van der Waals surface area (Å²) >= 11 is 0. The van der Waals surface area contributed by atoms with Crippen LogP contribution >= 0.6 is 0 Å². The molecule has 4 rings (SSSR count). The number of carboxylic acid groups (broad SMARTS) is 1. The number of hydrogen-bond acceptors (Lipinski definition) is 4. The number of carbonyl (C=O) groups excluding carboxylic acids is 2. The Hall–Kier alpha value is -3.35. The van der Waals surface area contributed by atoms with Crippen molar-refractivity contribution >= 4 is 18.0 Å². The second-order valence-electron chi connectivity index (χ2n) is 9.80. The number of alkyl carbamates (subject to hydrolysis) is 1. The van der Waals surface area contributed by atoms with Gasteiger partial charge in [-0.15, -0.1) is 0 Å². The SMILES string of the molecule is CC(C)(CC(=O)N1CCCCCC1C(=O)O)NC(=O)OCC1c2ccccc2-c2ccccc21. The van der Waals surface area contributed by atoms with Crippen LogP contribution in [0.25, 0.3) is 11.1 Å². The van der Waals surface area contributed by atoms with E-state index in [0.717, 1.165) is 41.5 Å². The quantitative estimate of drug-likeness (QED) is 0.654. The first-order valence-electron chi connectivity index (χ1n) is 11.9. The molecule has 1 aliphatic heterocycles. The molecule has 2 aromatic carbocycles. The highest BCUT2D eigenvalue weighted by atomic mass is 16.5. The normalized spacial score (nSPS) is 17.9. The van der Waals surface area contributed by atoms with Crippen molar-refractivity contribution in [2.24, 2.45) is 0 Å². The van der Waals surface area contributed by atoms with E-state index in [1.165, 1.54) is 4.90 Å². The van der Waals surface area contributed by atoms with Gasteiger partial charge < -0.3 is 20.1 Å². The van der Waals surface area contributed by atoms with E-state index in [1.54, 1.807) is 13.8 Å². The molecule has 0 radical (unpaired) electrons. The molecule has 0 saturated carbocycles. The van der Waals surface area contributed by atoms with Gasteiger partial charge in [-0.25, -0.2) is 9.59 Å². The van der Waals surface area contributed by atoms with Gasteiger partial charge >= 0.3 is 12.1 Å². The van der Waals surface area contributed by atoms with Crippen LogP contribution in [0.15, 0.2) is 48.5 Å². The summed E-state index contributed by atoms with van der Waals surface area (Å²) in [5.74, 6) is -1.29. The fraction of sp³-hybridized carbons (Fsp3) is 0.444. The van der Waals surface area contributed by atoms with E-state index in [0.29, 0.717) is 13.0 Å². The van der Waals surface area contributed by atoms with Gasteiger partial charge in [0.1, 0.15) is 12.6 Å². The van der Waals surface area contributed by atoms with Crippen LogP contribution in [0.5, 0.6) is 0 Å². The first kappa shape index (κ1) is 23.8. The molecule has 2 amide bonds. The van der Waals surface area contributed by atoms with Crippen LogP contribution in [0.4, 0.5) is 4.79 Å². The van der Waals surface area contributed by atoms with Gasteiger partial charge in [0.25, 0.3) is 0 Å². The second-order valence-corrected chi connectivity index (χ2v) is 9.80. The number of nitrogens with one attached hydrogen (secondary N) is 1. The third-order valence-corrected chi connectivity index (χ3v) is 6.74. The first-order valence-corrected chi connectivity index (χ1v) is 11.9. The van der Waals surface area contributed by atoms with Crippen LogP contribution in [0.3, 0.4) is 0 Å². The van der Waals surface area contributed by atoms with Crippen LogP contribution < -0.4 is 5.32 Å². The molecule has 1 aliphatic carbocycles. The first-order chi connectivity index (χ1) is 16.3. The number of likely N-dealkylation sites (tertiary alicyclic amines) is 1. The van der Waals surface area contributed by atoms with Gasteiger partial charge in [0.15, 0.2) is 0 Å². The molecule has 180 valence electrons. The van der Waals surface area contributed by atoms with Gasteiger partial charge in [0, 0.05) is 24.4 Å². The molecule has 1 atom stereocenters. The van der Waals surface area contributed by atoms with Crippen molar-refractivity contribution in [2.45, 2.75) is 63.5 Å². The van der Waals surface area contributed by atoms with Crippen molar-refractivity contribution in [2.75, 3.05) is 13.2 Å². The molecule has 0 aromatic heterocycles. The van der Waals surface area contributed by atoms with Crippen molar-refractivity contribution in [1.82, 2.24) is 10.2 Å². The van der Waals surface area contributed by atoms with E-state index >= 15 is 0 Å². The largest absolute Gasteiger partial charge is 0.480 e. The predicted octanol–water partition coefficient (Wildman–Crippen LogP) is 4.55. The average molecular weight is 465 g/mol. The van der Waals surface area contributed by atoms with Crippen LogP contribution in [0.1, 0.15) is 63.0 Å². The summed E-state index contributed by atoms with van der Waals surface area (Å²) in [5.41, 5.74) is 3.69. The molecular weight excluding hydrogens is 432 g/mol. The number of carbonyl (C=O) groups is 3. The Balaban J connectivity index is 1.37. The maximum absolute atomic E-state index is 13.0. The highest BCUT2D eigenvalue weighted by Crippen LogP contribution is 2.44. The second kappa shape index (κ2) is 9.87. The number of carboxylic acids is 1. The van der Waals surface area contributed by atoms with Crippen molar-refractivity contribution in [3.8, 4) is 11.1 Å². The molecule has 2 N–H and O–H groups in total. The van der Waals surface area contributed by atoms with E-state index in [-0.39, 0.29) is 24.9 Å². The van der Waals surface area contributed by atoms with Gasteiger partial charge in [-0.3, -0.25) is 4.79 Å². The number of hydrogen-bond donors (Lipinski definition) is 2. The Bertz CT molecular complexity index is 1030. The van der Waals surface area contributed by atoms with Crippen LogP contribution in [0, 0.1) is 0 Å². The highest BCUT2D eigenvalue weighted by Gasteiger charge is 2.35. The number of aliphatic carboxylic acids is 1. The van der Waals surface area contributed by atoms with Gasteiger partial charge in [0.2, 0.25) is 5.91 Å². The molecular formula is C27H32N2O5. The standard InChI is InChI=1S/C27H32N2O5/c1-27(2,16-24(30)29-15-9-3-4-14-23(29)25(31)32)28-26(33)34-17-22-20-12-7-5-10-18(20)19-11-6-8-13-21(19)22/h5-8,10-13,22-23H,3-4,9,14-17H2,1-2H3,(H,28,33)(H,31,32). The van der Waals surface area contributed by atoms with E-state index in [9.17, 15) is 19.5 Å². The van der Waals surface area contributed by atoms with Gasteiger partial charge in [-0.1, -0.05) is 61.4 Å². The summed E-state index contributed by atoms with van der Waals surface area (Å²) in [4.78, 5) is 38.8. The third kappa shape index (κ3) is 5.08. The van der Waals surface area contributed by atoms with E-state index in [4.69, 9.17) is 4.74 Å². The molecule has 1 unspecified atom stereocenters.